The molecule has 2 aromatic carbocycles. The summed E-state index contributed by atoms with van der Waals surface area (Å²) in [5.41, 5.74) is 0.800. The number of benzene rings is 2. The molecule has 0 amide bonds. The Morgan fingerprint density at radius 1 is 1.07 bits per heavy atom. The second-order valence-corrected chi connectivity index (χ2v) is 6.82. The van der Waals surface area contributed by atoms with Crippen LogP contribution in [0.5, 0.6) is 17.2 Å². The normalized spacial score (nSPS) is 21.8. The van der Waals surface area contributed by atoms with Crippen LogP contribution in [0.15, 0.2) is 42.5 Å². The number of hydrogen-bond donors (Lipinski definition) is 0. The van der Waals surface area contributed by atoms with E-state index in [1.54, 1.807) is 49.4 Å². The van der Waals surface area contributed by atoms with E-state index in [-0.39, 0.29) is 19.0 Å². The predicted molar refractivity (Wildman–Crippen MR) is 102 cm³/mol. The highest BCUT2D eigenvalue weighted by molar-refractivity contribution is 6.12. The van der Waals surface area contributed by atoms with Crippen molar-refractivity contribution in [3.63, 3.8) is 0 Å². The lowest BCUT2D eigenvalue weighted by molar-refractivity contribution is -0.150. The van der Waals surface area contributed by atoms with E-state index in [0.29, 0.717) is 22.8 Å². The zero-order chi connectivity index (χ0) is 21.3. The van der Waals surface area contributed by atoms with Crippen LogP contribution in [0.25, 0.3) is 0 Å². The van der Waals surface area contributed by atoms with E-state index in [1.807, 2.05) is 0 Å². The van der Waals surface area contributed by atoms with Crippen LogP contribution < -0.4 is 14.2 Å². The molecule has 2 aliphatic rings. The van der Waals surface area contributed by atoms with Gasteiger partial charge < -0.3 is 23.7 Å². The molecule has 2 heterocycles. The molecule has 8 heteroatoms. The molecule has 8 nitrogen and oxygen atoms in total. The fraction of sp³-hybridized carbons (Fsp3) is 0.318. The molecule has 30 heavy (non-hydrogen) atoms. The number of Topliss-reactive ketones (excluding diaryl/α,β-unsaturated/α-hetero) is 1. The molecule has 4 rings (SSSR count). The van der Waals surface area contributed by atoms with Gasteiger partial charge in [-0.25, -0.2) is 0 Å². The molecule has 0 saturated carbocycles. The molecule has 1 fully saturated rings. The lowest BCUT2D eigenvalue weighted by atomic mass is 9.82. The zero-order valence-corrected chi connectivity index (χ0v) is 16.5. The average Bonchev–Trinajstić information content (AvgIpc) is 3.37. The summed E-state index contributed by atoms with van der Waals surface area (Å²) in [7, 11) is 1.51. The molecule has 2 aromatic rings. The summed E-state index contributed by atoms with van der Waals surface area (Å²) in [6.07, 6.45) is -0.974. The molecule has 0 N–H and O–H groups in total. The number of ether oxygens (including phenoxy) is 5. The molecule has 0 bridgehead atoms. The third kappa shape index (κ3) is 3.45. The Labute approximate surface area is 172 Å². The first-order valence-corrected chi connectivity index (χ1v) is 9.48. The highest BCUT2D eigenvalue weighted by Gasteiger charge is 2.54. The predicted octanol–water partition coefficient (Wildman–Crippen LogP) is 2.70. The number of carbonyl (C=O) groups is 3. The van der Waals surface area contributed by atoms with Crippen molar-refractivity contribution in [1.29, 1.82) is 0 Å². The summed E-state index contributed by atoms with van der Waals surface area (Å²) < 4.78 is 26.5. The fourth-order valence-corrected chi connectivity index (χ4v) is 3.66. The van der Waals surface area contributed by atoms with Gasteiger partial charge >= 0.3 is 11.9 Å². The number of cyclic esters (lactones) is 1. The largest absolute Gasteiger partial charge is 0.497 e. The fourth-order valence-electron chi connectivity index (χ4n) is 3.66. The van der Waals surface area contributed by atoms with Gasteiger partial charge in [-0.3, -0.25) is 14.4 Å². The molecule has 0 aliphatic carbocycles. The maximum atomic E-state index is 13.1. The maximum Gasteiger partial charge on any atom is 0.318 e. The molecule has 2 aliphatic heterocycles. The van der Waals surface area contributed by atoms with E-state index in [2.05, 4.69) is 0 Å². The number of hydrogen-bond acceptors (Lipinski definition) is 8. The van der Waals surface area contributed by atoms with Crippen molar-refractivity contribution in [2.45, 2.75) is 13.0 Å². The summed E-state index contributed by atoms with van der Waals surface area (Å²) in [5, 5.41) is 0. The van der Waals surface area contributed by atoms with E-state index >= 15 is 0 Å². The van der Waals surface area contributed by atoms with E-state index in [0.717, 1.165) is 0 Å². The van der Waals surface area contributed by atoms with Gasteiger partial charge in [-0.05, 0) is 48.9 Å². The molecule has 0 aromatic heterocycles. The second kappa shape index (κ2) is 8.06. The Morgan fingerprint density at radius 2 is 1.80 bits per heavy atom. The van der Waals surface area contributed by atoms with Gasteiger partial charge in [0.2, 0.25) is 6.79 Å². The van der Waals surface area contributed by atoms with Crippen LogP contribution in [0.4, 0.5) is 0 Å². The Kier molecular flexibility index (Phi) is 5.31. The van der Waals surface area contributed by atoms with Gasteiger partial charge in [0.05, 0.1) is 13.7 Å². The summed E-state index contributed by atoms with van der Waals surface area (Å²) in [6, 6.07) is 11.3. The summed E-state index contributed by atoms with van der Waals surface area (Å²) in [4.78, 5) is 38.6. The van der Waals surface area contributed by atoms with E-state index in [1.165, 1.54) is 7.11 Å². The van der Waals surface area contributed by atoms with Crippen LogP contribution in [-0.4, -0.2) is 38.2 Å². The van der Waals surface area contributed by atoms with Gasteiger partial charge in [0.25, 0.3) is 0 Å². The highest BCUT2D eigenvalue weighted by Crippen LogP contribution is 2.44. The van der Waals surface area contributed by atoms with Crippen LogP contribution in [-0.2, 0) is 19.1 Å². The minimum Gasteiger partial charge on any atom is -0.497 e. The third-order valence-electron chi connectivity index (χ3n) is 5.12. The lowest BCUT2D eigenvalue weighted by Crippen LogP contribution is -2.33. The molecular formula is C22H20O8. The SMILES string of the molecule is CCOC(=O)[C@H]1[C@H](C(=O)c2ccc(OC)cc2)C(=O)O[C@H]1c1ccc2c(c1)OCO2. The monoisotopic (exact) mass is 412 g/mol. The van der Waals surface area contributed by atoms with Crippen molar-refractivity contribution in [3.05, 3.63) is 53.6 Å². The first-order chi connectivity index (χ1) is 14.5. The minimum atomic E-state index is -1.31. The van der Waals surface area contributed by atoms with Gasteiger partial charge in [-0.15, -0.1) is 0 Å². The number of carbonyl (C=O) groups excluding carboxylic acids is 3. The van der Waals surface area contributed by atoms with Crippen LogP contribution in [0.1, 0.15) is 28.9 Å². The quantitative estimate of drug-likeness (QED) is 0.406. The molecule has 156 valence electrons. The Morgan fingerprint density at radius 3 is 2.50 bits per heavy atom. The molecule has 0 radical (unpaired) electrons. The molecule has 0 unspecified atom stereocenters. The standard InChI is InChI=1S/C22H20O8/c1-3-27-21(24)18-17(19(23)12-4-7-14(26-2)8-5-12)22(25)30-20(18)13-6-9-15-16(10-13)29-11-28-15/h4-10,17-18,20H,3,11H2,1-2H3/t17-,18+,20+/m1/s1. The number of rotatable bonds is 6. The van der Waals surface area contributed by atoms with Crippen molar-refractivity contribution in [2.24, 2.45) is 11.8 Å². The first kappa shape index (κ1) is 19.8. The number of methoxy groups -OCH3 is 1. The maximum absolute atomic E-state index is 13.1. The van der Waals surface area contributed by atoms with E-state index in [4.69, 9.17) is 23.7 Å². The van der Waals surface area contributed by atoms with Gasteiger partial charge in [0, 0.05) is 5.56 Å². The first-order valence-electron chi connectivity index (χ1n) is 9.48. The second-order valence-electron chi connectivity index (χ2n) is 6.82. The molecular weight excluding hydrogens is 392 g/mol. The number of fused-ring (bicyclic) bond motifs is 1. The van der Waals surface area contributed by atoms with Crippen LogP contribution in [0, 0.1) is 11.8 Å². The van der Waals surface area contributed by atoms with E-state index < -0.39 is 35.7 Å². The van der Waals surface area contributed by atoms with Crippen molar-refractivity contribution < 1.29 is 38.1 Å². The minimum absolute atomic E-state index is 0.0864. The Bertz CT molecular complexity index is 981. The molecule has 3 atom stereocenters. The summed E-state index contributed by atoms with van der Waals surface area (Å²) >= 11 is 0. The van der Waals surface area contributed by atoms with Gasteiger partial charge in [-0.2, -0.15) is 0 Å². The average molecular weight is 412 g/mol. The van der Waals surface area contributed by atoms with Crippen molar-refractivity contribution in [2.75, 3.05) is 20.5 Å². The highest BCUT2D eigenvalue weighted by atomic mass is 16.7. The van der Waals surface area contributed by atoms with Crippen LogP contribution in [0.3, 0.4) is 0 Å². The Balaban J connectivity index is 1.69. The van der Waals surface area contributed by atoms with Gasteiger partial charge in [-0.1, -0.05) is 6.07 Å². The van der Waals surface area contributed by atoms with Gasteiger partial charge in [0.1, 0.15) is 23.7 Å². The third-order valence-corrected chi connectivity index (χ3v) is 5.12. The van der Waals surface area contributed by atoms with Crippen LogP contribution in [0.2, 0.25) is 0 Å². The molecule has 1 saturated heterocycles. The van der Waals surface area contributed by atoms with E-state index in [9.17, 15) is 14.4 Å². The molecule has 0 spiro atoms. The zero-order valence-electron chi connectivity index (χ0n) is 16.5. The summed E-state index contributed by atoms with van der Waals surface area (Å²) in [6.45, 7) is 1.86. The van der Waals surface area contributed by atoms with Crippen molar-refractivity contribution >= 4 is 17.7 Å². The van der Waals surface area contributed by atoms with Crippen molar-refractivity contribution in [1.82, 2.24) is 0 Å². The topological polar surface area (TPSA) is 97.4 Å². The van der Waals surface area contributed by atoms with Gasteiger partial charge in [0.15, 0.2) is 17.3 Å². The van der Waals surface area contributed by atoms with Crippen molar-refractivity contribution in [3.8, 4) is 17.2 Å². The smallest absolute Gasteiger partial charge is 0.318 e. The number of esters is 2. The van der Waals surface area contributed by atoms with Crippen LogP contribution >= 0.6 is 0 Å². The number of ketones is 1. The summed E-state index contributed by atoms with van der Waals surface area (Å²) in [5.74, 6) is -2.77. The lowest BCUT2D eigenvalue weighted by Gasteiger charge is -2.19. The Hall–Kier alpha value is -3.55.